The van der Waals surface area contributed by atoms with Crippen LogP contribution in [0.2, 0.25) is 0 Å². The van der Waals surface area contributed by atoms with Gasteiger partial charge in [-0.05, 0) is 109 Å². The highest BCUT2D eigenvalue weighted by molar-refractivity contribution is 5.97. The van der Waals surface area contributed by atoms with Gasteiger partial charge in [-0.3, -0.25) is 0 Å². The molecule has 0 aliphatic carbocycles. The summed E-state index contributed by atoms with van der Waals surface area (Å²) in [7, 11) is 4.88. The predicted octanol–water partition coefficient (Wildman–Crippen LogP) is 8.69. The van der Waals surface area contributed by atoms with E-state index < -0.39 is 0 Å². The summed E-state index contributed by atoms with van der Waals surface area (Å²) in [5.74, 6) is 1.73. The molecule has 2 aliphatic rings. The number of nitrogens with one attached hydrogen (secondary N) is 2. The highest BCUT2D eigenvalue weighted by Crippen LogP contribution is 2.43. The molecule has 0 spiro atoms. The van der Waals surface area contributed by atoms with Crippen molar-refractivity contribution in [1.29, 1.82) is 0 Å². The molecule has 0 fully saturated rings. The number of hydrogen-bond donors (Lipinski definition) is 2. The molecule has 0 amide bonds. The molecule has 8 bridgehead atoms. The van der Waals surface area contributed by atoms with Crippen LogP contribution in [0.15, 0.2) is 54.6 Å². The summed E-state index contributed by atoms with van der Waals surface area (Å²) in [6, 6.07) is 18.7. The topological polar surface area (TPSA) is 85.1 Å². The molecule has 0 saturated carbocycles. The maximum atomic E-state index is 5.71. The molecule has 6 rings (SSSR count). The van der Waals surface area contributed by atoms with E-state index in [1.54, 1.807) is 21.3 Å². The molecule has 0 saturated heterocycles. The molecule has 0 unspecified atom stereocenters. The van der Waals surface area contributed by atoms with Crippen LogP contribution in [0, 0.1) is 0 Å². The van der Waals surface area contributed by atoms with E-state index in [1.165, 1.54) is 22.3 Å². The van der Waals surface area contributed by atoms with Crippen molar-refractivity contribution in [1.82, 2.24) is 19.9 Å². The number of rotatable bonds is 6. The first-order valence-electron chi connectivity index (χ1n) is 14.3. The van der Waals surface area contributed by atoms with Gasteiger partial charge in [-0.25, -0.2) is 9.97 Å². The molecule has 42 heavy (non-hydrogen) atoms. The molecule has 214 valence electrons. The van der Waals surface area contributed by atoms with Crippen LogP contribution >= 0.6 is 0 Å². The second-order valence-corrected chi connectivity index (χ2v) is 10.6. The first-order valence-corrected chi connectivity index (χ1v) is 14.3. The fraction of sp³-hybridized carbons (Fsp3) is 0.257. The molecule has 0 atom stereocenters. The molecule has 7 heteroatoms. The number of H-pyrrole nitrogens is 2. The van der Waals surface area contributed by atoms with E-state index in [2.05, 4.69) is 80.1 Å². The Morgan fingerprint density at radius 1 is 0.595 bits per heavy atom. The minimum absolute atomic E-state index is 0.552. The lowest BCUT2D eigenvalue weighted by Gasteiger charge is -2.14. The van der Waals surface area contributed by atoms with Gasteiger partial charge in [0.05, 0.1) is 44.1 Å². The lowest BCUT2D eigenvalue weighted by Crippen LogP contribution is -1.96. The van der Waals surface area contributed by atoms with Crippen molar-refractivity contribution in [3.8, 4) is 28.4 Å². The monoisotopic (exact) mass is 560 g/mol. The summed E-state index contributed by atoms with van der Waals surface area (Å²) in [5.41, 5.74) is 14.5. The standard InChI is InChI=1S/C35H36N4O3/c1-8-24-19(3)28-16-22-10-12-26(36-22)34(21-14-32(40-5)35(42-7)33(15-21)41-6)27-13-11-23(37-27)17-29-20(4)25(9-2)31(39-29)18-30(24)38-28/h10-18,36-37H,8-9H2,1-7H3. The molecule has 3 aromatic heterocycles. The van der Waals surface area contributed by atoms with Crippen LogP contribution in [0.25, 0.3) is 55.5 Å². The van der Waals surface area contributed by atoms with E-state index in [-0.39, 0.29) is 0 Å². The number of benzene rings is 1. The van der Waals surface area contributed by atoms with Crippen LogP contribution in [0.5, 0.6) is 17.2 Å². The first kappa shape index (κ1) is 27.4. The zero-order valence-electron chi connectivity index (χ0n) is 25.2. The second-order valence-electron chi connectivity index (χ2n) is 10.6. The molecular formula is C35H36N4O3. The Hall–Kier alpha value is -4.78. The number of nitrogens with zero attached hydrogens (tertiary/aromatic N) is 2. The minimum Gasteiger partial charge on any atom is -0.493 e. The van der Waals surface area contributed by atoms with Gasteiger partial charge in [0.1, 0.15) is 0 Å². The summed E-state index contributed by atoms with van der Waals surface area (Å²) in [6.45, 7) is 8.69. The lowest BCUT2D eigenvalue weighted by atomic mass is 10.0. The number of hydrogen-bond acceptors (Lipinski definition) is 5. The molecule has 0 radical (unpaired) electrons. The van der Waals surface area contributed by atoms with Gasteiger partial charge in [-0.1, -0.05) is 13.8 Å². The number of allylic oxidation sites excluding steroid dienone is 4. The Balaban J connectivity index is 1.74. The van der Waals surface area contributed by atoms with Gasteiger partial charge >= 0.3 is 0 Å². The van der Waals surface area contributed by atoms with Gasteiger partial charge in [0.15, 0.2) is 11.5 Å². The van der Waals surface area contributed by atoms with Gasteiger partial charge < -0.3 is 24.2 Å². The zero-order valence-corrected chi connectivity index (χ0v) is 25.2. The minimum atomic E-state index is 0.552. The number of fused-ring (bicyclic) bond motifs is 8. The third kappa shape index (κ3) is 4.55. The van der Waals surface area contributed by atoms with Crippen LogP contribution in [-0.2, 0) is 0 Å². The van der Waals surface area contributed by atoms with Crippen molar-refractivity contribution >= 4 is 44.4 Å². The van der Waals surface area contributed by atoms with Gasteiger partial charge in [0.2, 0.25) is 5.75 Å². The van der Waals surface area contributed by atoms with Crippen molar-refractivity contribution in [2.24, 2.45) is 0 Å². The summed E-state index contributed by atoms with van der Waals surface area (Å²) < 4.78 is 17.0. The van der Waals surface area contributed by atoms with Crippen LogP contribution in [0.3, 0.4) is 0 Å². The van der Waals surface area contributed by atoms with Crippen molar-refractivity contribution in [2.75, 3.05) is 21.3 Å². The molecular weight excluding hydrogens is 524 g/mol. The Morgan fingerprint density at radius 3 is 1.48 bits per heavy atom. The van der Waals surface area contributed by atoms with Gasteiger partial charge in [0.25, 0.3) is 0 Å². The van der Waals surface area contributed by atoms with E-state index in [0.29, 0.717) is 17.2 Å². The van der Waals surface area contributed by atoms with Crippen molar-refractivity contribution in [3.63, 3.8) is 0 Å². The summed E-state index contributed by atoms with van der Waals surface area (Å²) >= 11 is 0. The fourth-order valence-electron chi connectivity index (χ4n) is 6.06. The van der Waals surface area contributed by atoms with Gasteiger partial charge in [0, 0.05) is 27.6 Å². The second kappa shape index (κ2) is 10.9. The Bertz CT molecular complexity index is 1810. The number of aromatic amines is 2. The Morgan fingerprint density at radius 2 is 1.07 bits per heavy atom. The van der Waals surface area contributed by atoms with Crippen LogP contribution in [0.1, 0.15) is 63.3 Å². The average Bonchev–Trinajstić information content (AvgIpc) is 3.77. The highest BCUT2D eigenvalue weighted by Gasteiger charge is 2.20. The van der Waals surface area contributed by atoms with Crippen molar-refractivity contribution < 1.29 is 14.2 Å². The van der Waals surface area contributed by atoms with E-state index in [1.807, 2.05) is 12.1 Å². The molecule has 5 heterocycles. The van der Waals surface area contributed by atoms with Gasteiger partial charge in [-0.15, -0.1) is 0 Å². The van der Waals surface area contributed by atoms with E-state index >= 15 is 0 Å². The van der Waals surface area contributed by atoms with E-state index in [4.69, 9.17) is 24.2 Å². The maximum Gasteiger partial charge on any atom is 0.203 e. The normalized spacial score (nSPS) is 13.1. The third-order valence-electron chi connectivity index (χ3n) is 8.25. The number of aromatic nitrogens is 4. The fourth-order valence-corrected chi connectivity index (χ4v) is 6.06. The summed E-state index contributed by atoms with van der Waals surface area (Å²) in [4.78, 5) is 17.5. The molecule has 4 aromatic rings. The summed E-state index contributed by atoms with van der Waals surface area (Å²) in [5, 5.41) is 0. The van der Waals surface area contributed by atoms with E-state index in [0.717, 1.165) is 68.8 Å². The molecule has 2 aliphatic heterocycles. The smallest absolute Gasteiger partial charge is 0.203 e. The quantitative estimate of drug-likeness (QED) is 0.246. The Kier molecular flexibility index (Phi) is 7.11. The molecule has 7 nitrogen and oxygen atoms in total. The zero-order chi connectivity index (χ0) is 29.5. The van der Waals surface area contributed by atoms with Crippen LogP contribution < -0.4 is 14.2 Å². The highest BCUT2D eigenvalue weighted by atomic mass is 16.5. The van der Waals surface area contributed by atoms with Crippen LogP contribution in [-0.4, -0.2) is 41.3 Å². The van der Waals surface area contributed by atoms with Crippen molar-refractivity contribution in [2.45, 2.75) is 40.5 Å². The molecule has 1 aromatic carbocycles. The molecule has 2 N–H and O–H groups in total. The largest absolute Gasteiger partial charge is 0.493 e. The lowest BCUT2D eigenvalue weighted by molar-refractivity contribution is 0.324. The number of methoxy groups -OCH3 is 3. The average molecular weight is 561 g/mol. The maximum absolute atomic E-state index is 5.71. The number of ether oxygens (including phenoxy) is 3. The van der Waals surface area contributed by atoms with Crippen LogP contribution in [0.4, 0.5) is 0 Å². The summed E-state index contributed by atoms with van der Waals surface area (Å²) in [6.07, 6.45) is 1.80. The van der Waals surface area contributed by atoms with Crippen molar-refractivity contribution in [3.05, 3.63) is 77.4 Å². The third-order valence-corrected chi connectivity index (χ3v) is 8.25. The Labute approximate surface area is 245 Å². The van der Waals surface area contributed by atoms with E-state index in [9.17, 15) is 0 Å². The van der Waals surface area contributed by atoms with Gasteiger partial charge in [-0.2, -0.15) is 0 Å². The predicted molar refractivity (Wildman–Crippen MR) is 172 cm³/mol. The first-order chi connectivity index (χ1) is 20.4. The SMILES string of the molecule is CCC1=C(C)c2cc3ccc([nH]3)c(-c3cc(OC)c(OC)c(OC)c3)c3ccc(cc4nc(cc1n2)C(CC)=C4C)[nH]3.